The number of nitrogens with one attached hydrogen (secondary N) is 1. The summed E-state index contributed by atoms with van der Waals surface area (Å²) in [4.78, 5) is 17.2. The van der Waals surface area contributed by atoms with Gasteiger partial charge < -0.3 is 14.6 Å². The Balaban J connectivity index is 1.57. The van der Waals surface area contributed by atoms with Crippen molar-refractivity contribution < 1.29 is 14.1 Å². The molecular formula is C23H23N5O3. The Bertz CT molecular complexity index is 1170. The molecular weight excluding hydrogens is 394 g/mol. The molecule has 2 aromatic carbocycles. The summed E-state index contributed by atoms with van der Waals surface area (Å²) in [6.07, 6.45) is 3.03. The van der Waals surface area contributed by atoms with E-state index in [0.29, 0.717) is 48.1 Å². The molecule has 0 aliphatic rings. The number of amides is 1. The van der Waals surface area contributed by atoms with Crippen LogP contribution in [0.15, 0.2) is 65.3 Å². The summed E-state index contributed by atoms with van der Waals surface area (Å²) >= 11 is 0. The summed E-state index contributed by atoms with van der Waals surface area (Å²) < 4.78 is 12.3. The van der Waals surface area contributed by atoms with Gasteiger partial charge in [0.05, 0.1) is 18.4 Å². The van der Waals surface area contributed by atoms with Crippen LogP contribution < -0.4 is 10.1 Å². The van der Waals surface area contributed by atoms with Gasteiger partial charge >= 0.3 is 0 Å². The summed E-state index contributed by atoms with van der Waals surface area (Å²) in [5.74, 6) is 1.62. The van der Waals surface area contributed by atoms with Crippen molar-refractivity contribution in [1.29, 1.82) is 0 Å². The minimum absolute atomic E-state index is 0.204. The lowest BCUT2D eigenvalue weighted by Crippen LogP contribution is -2.25. The number of rotatable bonds is 8. The van der Waals surface area contributed by atoms with Gasteiger partial charge in [0.15, 0.2) is 5.82 Å². The quantitative estimate of drug-likeness (QED) is 0.440. The van der Waals surface area contributed by atoms with Crippen molar-refractivity contribution in [3.63, 3.8) is 0 Å². The molecule has 0 aliphatic carbocycles. The molecule has 8 heteroatoms. The third kappa shape index (κ3) is 4.63. The molecule has 0 unspecified atom stereocenters. The number of nitrogens with zero attached hydrogens (tertiary/aromatic N) is 4. The van der Waals surface area contributed by atoms with Crippen LogP contribution in [0.5, 0.6) is 5.75 Å². The van der Waals surface area contributed by atoms with E-state index in [4.69, 9.17) is 14.4 Å². The average molecular weight is 417 g/mol. The van der Waals surface area contributed by atoms with E-state index in [0.717, 1.165) is 11.3 Å². The second-order valence-electron chi connectivity index (χ2n) is 6.97. The zero-order valence-corrected chi connectivity index (χ0v) is 17.4. The first-order valence-electron chi connectivity index (χ1n) is 10.0. The first-order valence-corrected chi connectivity index (χ1v) is 10.0. The van der Waals surface area contributed by atoms with E-state index in [2.05, 4.69) is 15.5 Å². The highest BCUT2D eigenvalue weighted by Gasteiger charge is 2.21. The predicted octanol–water partition coefficient (Wildman–Crippen LogP) is 3.60. The van der Waals surface area contributed by atoms with Crippen LogP contribution in [0.4, 0.5) is 0 Å². The topological polar surface area (TPSA) is 95.1 Å². The first-order chi connectivity index (χ1) is 15.2. The highest BCUT2D eigenvalue weighted by Crippen LogP contribution is 2.31. The maximum Gasteiger partial charge on any atom is 0.255 e. The maximum absolute atomic E-state index is 13.0. The summed E-state index contributed by atoms with van der Waals surface area (Å²) in [6.45, 7) is 2.25. The number of aromatic nitrogens is 4. The van der Waals surface area contributed by atoms with Gasteiger partial charge in [-0.1, -0.05) is 35.5 Å². The number of hydrogen-bond acceptors (Lipinski definition) is 6. The van der Waals surface area contributed by atoms with Crippen molar-refractivity contribution in [1.82, 2.24) is 25.2 Å². The Morgan fingerprint density at radius 2 is 1.90 bits per heavy atom. The zero-order chi connectivity index (χ0) is 21.6. The standard InChI is InChI=1S/C23H23N5O3/c1-16-25-21(31-27-16)13-8-14-24-23(29)19-15-28(17-9-4-3-5-10-17)26-22(19)18-11-6-7-12-20(18)30-2/h3-7,9-12,15H,8,13-14H2,1-2H3,(H,24,29). The molecule has 0 saturated carbocycles. The molecule has 1 N–H and O–H groups in total. The second-order valence-corrected chi connectivity index (χ2v) is 6.97. The van der Waals surface area contributed by atoms with Crippen molar-refractivity contribution in [3.8, 4) is 22.7 Å². The van der Waals surface area contributed by atoms with Gasteiger partial charge in [0.1, 0.15) is 11.4 Å². The minimum atomic E-state index is -0.204. The van der Waals surface area contributed by atoms with Crippen LogP contribution in [-0.2, 0) is 6.42 Å². The molecule has 0 fully saturated rings. The Morgan fingerprint density at radius 1 is 1.13 bits per heavy atom. The second kappa shape index (κ2) is 9.25. The summed E-state index contributed by atoms with van der Waals surface area (Å²) in [6, 6.07) is 17.2. The Morgan fingerprint density at radius 3 is 2.65 bits per heavy atom. The van der Waals surface area contributed by atoms with Crippen LogP contribution in [0, 0.1) is 6.92 Å². The van der Waals surface area contributed by atoms with Gasteiger partial charge in [-0.25, -0.2) is 4.68 Å². The Labute approximate surface area is 179 Å². The van der Waals surface area contributed by atoms with Crippen LogP contribution in [0.1, 0.15) is 28.5 Å². The summed E-state index contributed by atoms with van der Waals surface area (Å²) in [7, 11) is 1.60. The van der Waals surface area contributed by atoms with Crippen LogP contribution >= 0.6 is 0 Å². The van der Waals surface area contributed by atoms with Crippen molar-refractivity contribution in [3.05, 3.63) is 78.1 Å². The highest BCUT2D eigenvalue weighted by molar-refractivity contribution is 6.00. The van der Waals surface area contributed by atoms with Crippen LogP contribution in [-0.4, -0.2) is 39.5 Å². The molecule has 31 heavy (non-hydrogen) atoms. The molecule has 4 rings (SSSR count). The maximum atomic E-state index is 13.0. The van der Waals surface area contributed by atoms with Crippen molar-refractivity contribution in [2.45, 2.75) is 19.8 Å². The molecule has 8 nitrogen and oxygen atoms in total. The number of aryl methyl sites for hydroxylation is 2. The molecule has 0 radical (unpaired) electrons. The fourth-order valence-electron chi connectivity index (χ4n) is 3.27. The molecule has 158 valence electrons. The van der Waals surface area contributed by atoms with E-state index in [1.807, 2.05) is 54.6 Å². The van der Waals surface area contributed by atoms with E-state index >= 15 is 0 Å². The number of benzene rings is 2. The monoisotopic (exact) mass is 417 g/mol. The lowest BCUT2D eigenvalue weighted by Gasteiger charge is -2.08. The summed E-state index contributed by atoms with van der Waals surface area (Å²) in [5, 5.41) is 11.4. The molecule has 0 spiro atoms. The number of ether oxygens (including phenoxy) is 1. The van der Waals surface area contributed by atoms with Crippen LogP contribution in [0.3, 0.4) is 0 Å². The van der Waals surface area contributed by atoms with Crippen molar-refractivity contribution in [2.75, 3.05) is 13.7 Å². The van der Waals surface area contributed by atoms with Gasteiger partial charge in [-0.05, 0) is 37.6 Å². The third-order valence-electron chi connectivity index (χ3n) is 4.76. The Kier molecular flexibility index (Phi) is 6.07. The third-order valence-corrected chi connectivity index (χ3v) is 4.76. The fourth-order valence-corrected chi connectivity index (χ4v) is 3.27. The van der Waals surface area contributed by atoms with Crippen molar-refractivity contribution in [2.24, 2.45) is 0 Å². The predicted molar refractivity (Wildman–Crippen MR) is 115 cm³/mol. The molecule has 2 aromatic heterocycles. The van der Waals surface area contributed by atoms with Gasteiger partial charge in [0.25, 0.3) is 5.91 Å². The van der Waals surface area contributed by atoms with Gasteiger partial charge in [0, 0.05) is 24.7 Å². The molecule has 2 heterocycles. The van der Waals surface area contributed by atoms with Crippen LogP contribution in [0.2, 0.25) is 0 Å². The van der Waals surface area contributed by atoms with Gasteiger partial charge in [-0.2, -0.15) is 10.1 Å². The SMILES string of the molecule is COc1ccccc1-c1nn(-c2ccccc2)cc1C(=O)NCCCc1nc(C)no1. The molecule has 0 atom stereocenters. The molecule has 4 aromatic rings. The van der Waals surface area contributed by atoms with E-state index in [1.54, 1.807) is 24.9 Å². The minimum Gasteiger partial charge on any atom is -0.496 e. The number of methoxy groups -OCH3 is 1. The molecule has 0 aliphatic heterocycles. The van der Waals surface area contributed by atoms with Gasteiger partial charge in [-0.15, -0.1) is 0 Å². The van der Waals surface area contributed by atoms with Crippen molar-refractivity contribution >= 4 is 5.91 Å². The van der Waals surface area contributed by atoms with Gasteiger partial charge in [0.2, 0.25) is 5.89 Å². The first kappa shape index (κ1) is 20.3. The molecule has 0 saturated heterocycles. The zero-order valence-electron chi connectivity index (χ0n) is 17.4. The number of carbonyl (C=O) groups excluding carboxylic acids is 1. The normalized spacial score (nSPS) is 10.8. The Hall–Kier alpha value is -3.94. The number of carbonyl (C=O) groups is 1. The lowest BCUT2D eigenvalue weighted by atomic mass is 10.1. The van der Waals surface area contributed by atoms with E-state index in [-0.39, 0.29) is 5.91 Å². The number of hydrogen-bond donors (Lipinski definition) is 1. The van der Waals surface area contributed by atoms with Crippen LogP contribution in [0.25, 0.3) is 16.9 Å². The van der Waals surface area contributed by atoms with Gasteiger partial charge in [-0.3, -0.25) is 4.79 Å². The average Bonchev–Trinajstić information content (AvgIpc) is 3.43. The lowest BCUT2D eigenvalue weighted by molar-refractivity contribution is 0.0953. The smallest absolute Gasteiger partial charge is 0.255 e. The summed E-state index contributed by atoms with van der Waals surface area (Å²) in [5.41, 5.74) is 2.66. The largest absolute Gasteiger partial charge is 0.496 e. The number of para-hydroxylation sites is 2. The molecule has 1 amide bonds. The van der Waals surface area contributed by atoms with E-state index in [1.165, 1.54) is 0 Å². The van der Waals surface area contributed by atoms with E-state index in [9.17, 15) is 4.79 Å². The highest BCUT2D eigenvalue weighted by atomic mass is 16.5. The van der Waals surface area contributed by atoms with E-state index < -0.39 is 0 Å². The molecule has 0 bridgehead atoms. The fraction of sp³-hybridized carbons (Fsp3) is 0.217.